The van der Waals surface area contributed by atoms with E-state index in [1.54, 1.807) is 30.3 Å². The molecule has 0 bridgehead atoms. The summed E-state index contributed by atoms with van der Waals surface area (Å²) in [5.41, 5.74) is 1.30. The Morgan fingerprint density at radius 3 is 2.82 bits per heavy atom. The van der Waals surface area contributed by atoms with E-state index in [1.165, 1.54) is 31.0 Å². The van der Waals surface area contributed by atoms with Crippen molar-refractivity contribution in [3.8, 4) is 5.75 Å². The number of methoxy groups -OCH3 is 1. The van der Waals surface area contributed by atoms with E-state index in [9.17, 15) is 9.18 Å². The van der Waals surface area contributed by atoms with Crippen molar-refractivity contribution in [3.63, 3.8) is 0 Å². The summed E-state index contributed by atoms with van der Waals surface area (Å²) < 4.78 is 18.4. The normalized spacial score (nSPS) is 10.3. The summed E-state index contributed by atoms with van der Waals surface area (Å²) in [6.45, 7) is 0. The van der Waals surface area contributed by atoms with Crippen LogP contribution in [0.3, 0.4) is 0 Å². The van der Waals surface area contributed by atoms with Crippen LogP contribution < -0.4 is 10.1 Å². The molecule has 3 nitrogen and oxygen atoms in total. The van der Waals surface area contributed by atoms with Crippen molar-refractivity contribution in [2.24, 2.45) is 0 Å². The number of halogens is 2. The maximum Gasteiger partial charge on any atom is 0.234 e. The SMILES string of the molecule is COc1ccc(F)cc1CSCC(=O)Nc1ccccc1Cl. The molecule has 0 atom stereocenters. The van der Waals surface area contributed by atoms with E-state index in [-0.39, 0.29) is 17.5 Å². The summed E-state index contributed by atoms with van der Waals surface area (Å²) in [4.78, 5) is 11.9. The Balaban J connectivity index is 1.87. The lowest BCUT2D eigenvalue weighted by molar-refractivity contribution is -0.113. The molecule has 0 heterocycles. The highest BCUT2D eigenvalue weighted by molar-refractivity contribution is 7.99. The van der Waals surface area contributed by atoms with Gasteiger partial charge in [0, 0.05) is 11.3 Å². The monoisotopic (exact) mass is 339 g/mol. The highest BCUT2D eigenvalue weighted by atomic mass is 35.5. The van der Waals surface area contributed by atoms with Crippen LogP contribution in [-0.2, 0) is 10.5 Å². The maximum absolute atomic E-state index is 13.2. The van der Waals surface area contributed by atoms with Gasteiger partial charge in [0.05, 0.1) is 23.6 Å². The minimum absolute atomic E-state index is 0.159. The molecule has 2 aromatic rings. The number of anilines is 1. The number of amides is 1. The van der Waals surface area contributed by atoms with Gasteiger partial charge in [0.1, 0.15) is 11.6 Å². The molecule has 6 heteroatoms. The number of nitrogens with one attached hydrogen (secondary N) is 1. The molecular formula is C16H15ClFNO2S. The van der Waals surface area contributed by atoms with Gasteiger partial charge in [-0.15, -0.1) is 11.8 Å². The first-order chi connectivity index (χ1) is 10.6. The van der Waals surface area contributed by atoms with Gasteiger partial charge in [0.2, 0.25) is 5.91 Å². The predicted octanol–water partition coefficient (Wildman–Crippen LogP) is 4.36. The van der Waals surface area contributed by atoms with Crippen molar-refractivity contribution in [1.82, 2.24) is 0 Å². The first kappa shape index (κ1) is 16.6. The van der Waals surface area contributed by atoms with Gasteiger partial charge in [-0.25, -0.2) is 4.39 Å². The quantitative estimate of drug-likeness (QED) is 0.849. The number of para-hydroxylation sites is 1. The molecule has 22 heavy (non-hydrogen) atoms. The third kappa shape index (κ3) is 4.64. The van der Waals surface area contributed by atoms with Crippen LogP contribution in [0.5, 0.6) is 5.75 Å². The third-order valence-electron chi connectivity index (χ3n) is 2.88. The van der Waals surface area contributed by atoms with Crippen LogP contribution in [0.1, 0.15) is 5.56 Å². The van der Waals surface area contributed by atoms with Gasteiger partial charge in [0.25, 0.3) is 0 Å². The molecule has 116 valence electrons. The molecule has 1 amide bonds. The van der Waals surface area contributed by atoms with Crippen LogP contribution in [0.25, 0.3) is 0 Å². The van der Waals surface area contributed by atoms with Gasteiger partial charge in [-0.1, -0.05) is 23.7 Å². The Labute approximate surface area is 137 Å². The van der Waals surface area contributed by atoms with Crippen LogP contribution in [0, 0.1) is 5.82 Å². The van der Waals surface area contributed by atoms with E-state index in [2.05, 4.69) is 5.32 Å². The maximum atomic E-state index is 13.2. The molecule has 0 saturated carbocycles. The Hall–Kier alpha value is -1.72. The Morgan fingerprint density at radius 1 is 1.32 bits per heavy atom. The smallest absolute Gasteiger partial charge is 0.234 e. The van der Waals surface area contributed by atoms with Crippen LogP contribution >= 0.6 is 23.4 Å². The lowest BCUT2D eigenvalue weighted by Gasteiger charge is -2.09. The molecule has 0 aromatic heterocycles. The first-order valence-electron chi connectivity index (χ1n) is 6.54. The Morgan fingerprint density at radius 2 is 2.09 bits per heavy atom. The van der Waals surface area contributed by atoms with Crippen molar-refractivity contribution in [1.29, 1.82) is 0 Å². The molecular weight excluding hydrogens is 325 g/mol. The van der Waals surface area contributed by atoms with Crippen molar-refractivity contribution in [2.75, 3.05) is 18.2 Å². The highest BCUT2D eigenvalue weighted by Crippen LogP contribution is 2.25. The van der Waals surface area contributed by atoms with E-state index in [0.717, 1.165) is 5.56 Å². The highest BCUT2D eigenvalue weighted by Gasteiger charge is 2.08. The Bertz CT molecular complexity index is 666. The van der Waals surface area contributed by atoms with Gasteiger partial charge < -0.3 is 10.1 Å². The van der Waals surface area contributed by atoms with E-state index in [0.29, 0.717) is 22.2 Å². The summed E-state index contributed by atoms with van der Waals surface area (Å²) in [6, 6.07) is 11.4. The number of benzene rings is 2. The topological polar surface area (TPSA) is 38.3 Å². The van der Waals surface area contributed by atoms with Crippen molar-refractivity contribution >= 4 is 35.0 Å². The summed E-state index contributed by atoms with van der Waals surface area (Å²) >= 11 is 7.35. The standard InChI is InChI=1S/C16H15ClFNO2S/c1-21-15-7-6-12(18)8-11(15)9-22-10-16(20)19-14-5-3-2-4-13(14)17/h2-8H,9-10H2,1H3,(H,19,20). The van der Waals surface area contributed by atoms with E-state index in [1.807, 2.05) is 0 Å². The molecule has 0 unspecified atom stereocenters. The summed E-state index contributed by atoms with van der Waals surface area (Å²) in [5.74, 6) is 0.854. The van der Waals surface area contributed by atoms with Crippen LogP contribution in [0.4, 0.5) is 10.1 Å². The third-order valence-corrected chi connectivity index (χ3v) is 4.19. The number of hydrogen-bond donors (Lipinski definition) is 1. The lowest BCUT2D eigenvalue weighted by Crippen LogP contribution is -2.14. The number of carbonyl (C=O) groups excluding carboxylic acids is 1. The summed E-state index contributed by atoms with van der Waals surface area (Å²) in [6.07, 6.45) is 0. The fourth-order valence-corrected chi connectivity index (χ4v) is 2.85. The summed E-state index contributed by atoms with van der Waals surface area (Å²) in [7, 11) is 1.53. The second-order valence-electron chi connectivity index (χ2n) is 4.48. The molecule has 0 saturated heterocycles. The predicted molar refractivity (Wildman–Crippen MR) is 89.2 cm³/mol. The fraction of sp³-hybridized carbons (Fsp3) is 0.188. The minimum atomic E-state index is -0.322. The van der Waals surface area contributed by atoms with Crippen LogP contribution in [0.15, 0.2) is 42.5 Å². The second kappa shape index (κ2) is 8.06. The second-order valence-corrected chi connectivity index (χ2v) is 5.87. The van der Waals surface area contributed by atoms with E-state index < -0.39 is 0 Å². The van der Waals surface area contributed by atoms with Crippen molar-refractivity contribution in [2.45, 2.75) is 5.75 Å². The number of rotatable bonds is 6. The molecule has 2 rings (SSSR count). The molecule has 2 aromatic carbocycles. The fourth-order valence-electron chi connectivity index (χ4n) is 1.86. The zero-order valence-electron chi connectivity index (χ0n) is 11.9. The van der Waals surface area contributed by atoms with Gasteiger partial charge in [-0.3, -0.25) is 4.79 Å². The molecule has 0 aliphatic carbocycles. The molecule has 0 fully saturated rings. The van der Waals surface area contributed by atoms with Crippen LogP contribution in [-0.4, -0.2) is 18.8 Å². The molecule has 1 N–H and O–H groups in total. The zero-order valence-corrected chi connectivity index (χ0v) is 13.5. The molecule has 0 radical (unpaired) electrons. The van der Waals surface area contributed by atoms with Gasteiger partial charge >= 0.3 is 0 Å². The van der Waals surface area contributed by atoms with Crippen molar-refractivity contribution < 1.29 is 13.9 Å². The molecule has 0 spiro atoms. The largest absolute Gasteiger partial charge is 0.496 e. The van der Waals surface area contributed by atoms with Crippen LogP contribution in [0.2, 0.25) is 5.02 Å². The lowest BCUT2D eigenvalue weighted by atomic mass is 10.2. The minimum Gasteiger partial charge on any atom is -0.496 e. The molecule has 0 aliphatic rings. The number of thioether (sulfide) groups is 1. The first-order valence-corrected chi connectivity index (χ1v) is 8.08. The zero-order chi connectivity index (χ0) is 15.9. The van der Waals surface area contributed by atoms with Gasteiger partial charge in [0.15, 0.2) is 0 Å². The summed E-state index contributed by atoms with van der Waals surface area (Å²) in [5, 5.41) is 3.23. The number of ether oxygens (including phenoxy) is 1. The van der Waals surface area contributed by atoms with E-state index >= 15 is 0 Å². The van der Waals surface area contributed by atoms with Crippen molar-refractivity contribution in [3.05, 3.63) is 58.9 Å². The van der Waals surface area contributed by atoms with E-state index in [4.69, 9.17) is 16.3 Å². The average molecular weight is 340 g/mol. The number of hydrogen-bond acceptors (Lipinski definition) is 3. The van der Waals surface area contributed by atoms with Gasteiger partial charge in [-0.05, 0) is 30.3 Å². The number of carbonyl (C=O) groups is 1. The Kier molecular flexibility index (Phi) is 6.10. The van der Waals surface area contributed by atoms with Gasteiger partial charge in [-0.2, -0.15) is 0 Å². The molecule has 0 aliphatic heterocycles. The average Bonchev–Trinajstić information content (AvgIpc) is 2.50.